The van der Waals surface area contributed by atoms with Gasteiger partial charge < -0.3 is 10.1 Å². The van der Waals surface area contributed by atoms with Gasteiger partial charge in [0.2, 0.25) is 0 Å². The van der Waals surface area contributed by atoms with E-state index in [1.807, 2.05) is 54.6 Å². The van der Waals surface area contributed by atoms with E-state index in [0.29, 0.717) is 12.2 Å². The van der Waals surface area contributed by atoms with Gasteiger partial charge in [-0.2, -0.15) is 5.26 Å². The van der Waals surface area contributed by atoms with Crippen LogP contribution in [-0.4, -0.2) is 0 Å². The van der Waals surface area contributed by atoms with Crippen LogP contribution in [0.15, 0.2) is 78.9 Å². The monoisotopic (exact) mass is 314 g/mol. The summed E-state index contributed by atoms with van der Waals surface area (Å²) in [6.45, 7) is 1.30. The summed E-state index contributed by atoms with van der Waals surface area (Å²) in [5, 5.41) is 12.1. The molecule has 1 N–H and O–H groups in total. The Hall–Kier alpha value is -3.25. The third-order valence-corrected chi connectivity index (χ3v) is 3.68. The van der Waals surface area contributed by atoms with Crippen molar-refractivity contribution >= 4 is 5.69 Å². The zero-order chi connectivity index (χ0) is 16.6. The summed E-state index contributed by atoms with van der Waals surface area (Å²) < 4.78 is 5.78. The summed E-state index contributed by atoms with van der Waals surface area (Å²) in [5.74, 6) is 0.862. The van der Waals surface area contributed by atoms with Crippen molar-refractivity contribution in [3.05, 3.63) is 95.6 Å². The van der Waals surface area contributed by atoms with E-state index >= 15 is 0 Å². The molecule has 3 aromatic carbocycles. The molecule has 0 atom stereocenters. The number of nitriles is 1. The molecule has 0 spiro atoms. The SMILES string of the molecule is N#Cc1ccc(NCc2ccc(OCc3ccccc3)cc2)cc1. The van der Waals surface area contributed by atoms with E-state index in [1.165, 1.54) is 5.56 Å². The third kappa shape index (κ3) is 4.37. The smallest absolute Gasteiger partial charge is 0.119 e. The average Bonchev–Trinajstić information content (AvgIpc) is 2.67. The Labute approximate surface area is 142 Å². The lowest BCUT2D eigenvalue weighted by Crippen LogP contribution is -2.00. The average molecular weight is 314 g/mol. The van der Waals surface area contributed by atoms with Gasteiger partial charge in [0.15, 0.2) is 0 Å². The first-order chi connectivity index (χ1) is 11.8. The molecule has 3 rings (SSSR count). The van der Waals surface area contributed by atoms with Crippen LogP contribution in [0.4, 0.5) is 5.69 Å². The van der Waals surface area contributed by atoms with Gasteiger partial charge in [-0.1, -0.05) is 42.5 Å². The van der Waals surface area contributed by atoms with Gasteiger partial charge in [0.05, 0.1) is 11.6 Å². The minimum absolute atomic E-state index is 0.573. The molecular formula is C21H18N2O. The van der Waals surface area contributed by atoms with Gasteiger partial charge in [0.1, 0.15) is 12.4 Å². The molecule has 0 aromatic heterocycles. The zero-order valence-electron chi connectivity index (χ0n) is 13.3. The number of hydrogen-bond donors (Lipinski definition) is 1. The summed E-state index contributed by atoms with van der Waals surface area (Å²) in [6.07, 6.45) is 0. The lowest BCUT2D eigenvalue weighted by atomic mass is 10.2. The van der Waals surface area contributed by atoms with Gasteiger partial charge in [-0.25, -0.2) is 0 Å². The number of ether oxygens (including phenoxy) is 1. The van der Waals surface area contributed by atoms with E-state index in [0.717, 1.165) is 23.5 Å². The highest BCUT2D eigenvalue weighted by Crippen LogP contribution is 2.16. The molecule has 0 amide bonds. The standard InChI is InChI=1S/C21H18N2O/c22-14-17-6-10-20(11-7-17)23-15-18-8-12-21(13-9-18)24-16-19-4-2-1-3-5-19/h1-13,23H,15-16H2. The highest BCUT2D eigenvalue weighted by Gasteiger charge is 1.98. The highest BCUT2D eigenvalue weighted by atomic mass is 16.5. The van der Waals surface area contributed by atoms with Crippen LogP contribution in [0, 0.1) is 11.3 Å². The van der Waals surface area contributed by atoms with Crippen LogP contribution < -0.4 is 10.1 Å². The zero-order valence-corrected chi connectivity index (χ0v) is 13.3. The molecule has 118 valence electrons. The van der Waals surface area contributed by atoms with Crippen molar-refractivity contribution in [3.8, 4) is 11.8 Å². The second-order valence-electron chi connectivity index (χ2n) is 5.46. The molecule has 0 unspecified atom stereocenters. The molecule has 0 heterocycles. The molecule has 24 heavy (non-hydrogen) atoms. The fourth-order valence-electron chi connectivity index (χ4n) is 2.31. The summed E-state index contributed by atoms with van der Waals surface area (Å²) in [6, 6.07) is 27.8. The number of anilines is 1. The van der Waals surface area contributed by atoms with Crippen LogP contribution in [0.25, 0.3) is 0 Å². The predicted molar refractivity (Wildman–Crippen MR) is 95.7 cm³/mol. The molecule has 3 aromatic rings. The lowest BCUT2D eigenvalue weighted by molar-refractivity contribution is 0.306. The Balaban J connectivity index is 1.51. The molecule has 3 nitrogen and oxygen atoms in total. The number of nitrogens with one attached hydrogen (secondary N) is 1. The fraction of sp³-hybridized carbons (Fsp3) is 0.0952. The normalized spacial score (nSPS) is 9.96. The summed E-state index contributed by atoms with van der Waals surface area (Å²) >= 11 is 0. The number of benzene rings is 3. The third-order valence-electron chi connectivity index (χ3n) is 3.68. The molecule has 0 fully saturated rings. The predicted octanol–water partition coefficient (Wildman–Crippen LogP) is 4.75. The molecule has 0 radical (unpaired) electrons. The first kappa shape index (κ1) is 15.6. The molecular weight excluding hydrogens is 296 g/mol. The summed E-state index contributed by atoms with van der Waals surface area (Å²) in [5.41, 5.74) is 3.99. The van der Waals surface area contributed by atoms with E-state index in [1.54, 1.807) is 0 Å². The molecule has 0 saturated heterocycles. The Kier molecular flexibility index (Phi) is 5.11. The second kappa shape index (κ2) is 7.85. The van der Waals surface area contributed by atoms with Gasteiger partial charge in [0, 0.05) is 12.2 Å². The van der Waals surface area contributed by atoms with Gasteiger partial charge in [0.25, 0.3) is 0 Å². The Bertz CT molecular complexity index is 803. The van der Waals surface area contributed by atoms with Crippen molar-refractivity contribution in [2.45, 2.75) is 13.2 Å². The van der Waals surface area contributed by atoms with Crippen molar-refractivity contribution in [2.24, 2.45) is 0 Å². The van der Waals surface area contributed by atoms with E-state index in [2.05, 4.69) is 35.7 Å². The maximum Gasteiger partial charge on any atom is 0.119 e. The van der Waals surface area contributed by atoms with Gasteiger partial charge in [-0.3, -0.25) is 0 Å². The molecule has 0 aliphatic rings. The van der Waals surface area contributed by atoms with Crippen LogP contribution in [0.2, 0.25) is 0 Å². The van der Waals surface area contributed by atoms with Crippen LogP contribution in [-0.2, 0) is 13.2 Å². The van der Waals surface area contributed by atoms with Crippen LogP contribution >= 0.6 is 0 Å². The molecule has 0 aliphatic heterocycles. The minimum Gasteiger partial charge on any atom is -0.489 e. The molecule has 0 aliphatic carbocycles. The van der Waals surface area contributed by atoms with Crippen molar-refractivity contribution in [1.29, 1.82) is 5.26 Å². The maximum absolute atomic E-state index is 8.80. The first-order valence-electron chi connectivity index (χ1n) is 7.83. The minimum atomic E-state index is 0.573. The number of nitrogens with zero attached hydrogens (tertiary/aromatic N) is 1. The number of rotatable bonds is 6. The largest absolute Gasteiger partial charge is 0.489 e. The highest BCUT2D eigenvalue weighted by molar-refractivity contribution is 5.47. The van der Waals surface area contributed by atoms with Crippen molar-refractivity contribution < 1.29 is 4.74 Å². The van der Waals surface area contributed by atoms with E-state index < -0.39 is 0 Å². The van der Waals surface area contributed by atoms with Gasteiger partial charge in [-0.05, 0) is 47.5 Å². The molecule has 3 heteroatoms. The number of hydrogen-bond acceptors (Lipinski definition) is 3. The van der Waals surface area contributed by atoms with Crippen molar-refractivity contribution in [2.75, 3.05) is 5.32 Å². The van der Waals surface area contributed by atoms with Crippen molar-refractivity contribution in [3.63, 3.8) is 0 Å². The maximum atomic E-state index is 8.80. The Morgan fingerprint density at radius 3 is 2.17 bits per heavy atom. The van der Waals surface area contributed by atoms with Crippen LogP contribution in [0.5, 0.6) is 5.75 Å². The van der Waals surface area contributed by atoms with Crippen LogP contribution in [0.3, 0.4) is 0 Å². The van der Waals surface area contributed by atoms with E-state index in [4.69, 9.17) is 10.00 Å². The lowest BCUT2D eigenvalue weighted by Gasteiger charge is -2.09. The van der Waals surface area contributed by atoms with E-state index in [-0.39, 0.29) is 0 Å². The molecule has 0 bridgehead atoms. The topological polar surface area (TPSA) is 45.0 Å². The quantitative estimate of drug-likeness (QED) is 0.714. The molecule has 0 saturated carbocycles. The van der Waals surface area contributed by atoms with Crippen LogP contribution in [0.1, 0.15) is 16.7 Å². The summed E-state index contributed by atoms with van der Waals surface area (Å²) in [7, 11) is 0. The summed E-state index contributed by atoms with van der Waals surface area (Å²) in [4.78, 5) is 0. The first-order valence-corrected chi connectivity index (χ1v) is 7.83. The second-order valence-corrected chi connectivity index (χ2v) is 5.46. The Morgan fingerprint density at radius 2 is 1.50 bits per heavy atom. The van der Waals surface area contributed by atoms with Gasteiger partial charge in [-0.15, -0.1) is 0 Å². The van der Waals surface area contributed by atoms with Crippen molar-refractivity contribution in [1.82, 2.24) is 0 Å². The van der Waals surface area contributed by atoms with Gasteiger partial charge >= 0.3 is 0 Å². The van der Waals surface area contributed by atoms with E-state index in [9.17, 15) is 0 Å². The fourth-order valence-corrected chi connectivity index (χ4v) is 2.31. The Morgan fingerprint density at radius 1 is 0.792 bits per heavy atom.